The average Bonchev–Trinajstić information content (AvgIpc) is 2.98. The van der Waals surface area contributed by atoms with E-state index in [9.17, 15) is 19.5 Å². The van der Waals surface area contributed by atoms with Crippen molar-refractivity contribution < 1.29 is 40.0 Å². The van der Waals surface area contributed by atoms with Crippen molar-refractivity contribution in [1.29, 1.82) is 0 Å². The number of aliphatic imine (C=N–C) groups is 1. The van der Waals surface area contributed by atoms with Crippen molar-refractivity contribution >= 4 is 29.8 Å². The number of carboxylic acids is 3. The zero-order chi connectivity index (χ0) is 35.4. The molecule has 0 heterocycles. The van der Waals surface area contributed by atoms with Gasteiger partial charge in [0.2, 0.25) is 0 Å². The fourth-order valence-electron chi connectivity index (χ4n) is 3.04. The molecule has 0 aliphatic heterocycles. The minimum Gasteiger partial charge on any atom is -0.544 e. The summed E-state index contributed by atoms with van der Waals surface area (Å²) < 4.78 is 1.61. The SMILES string of the molecule is CC/C=C\C/C=C\C/C=C\C/C=C\C/C=C\C/C=C\CCC(=O)O.C[N+](C)=C(N)N=C(N)N.[NH3+][C@@H](CCCCCC(=O)O)C(=O)[O-]. The number of nitrogens with zero attached hydrogens (tertiary/aromatic N) is 2. The Kier molecular flexibility index (Phi) is 35.0. The maximum Gasteiger partial charge on any atom is 0.387 e. The largest absolute Gasteiger partial charge is 0.544 e. The molecule has 46 heavy (non-hydrogen) atoms. The number of aliphatic carboxylic acids is 3. The van der Waals surface area contributed by atoms with Crippen molar-refractivity contribution in [2.75, 3.05) is 14.1 Å². The summed E-state index contributed by atoms with van der Waals surface area (Å²) in [7, 11) is 3.50. The Bertz CT molecular complexity index is 1050. The van der Waals surface area contributed by atoms with Gasteiger partial charge in [0.25, 0.3) is 5.96 Å². The Morgan fingerprint density at radius 2 is 1.13 bits per heavy atom. The van der Waals surface area contributed by atoms with E-state index in [2.05, 4.69) is 78.4 Å². The van der Waals surface area contributed by atoms with Gasteiger partial charge in [0.1, 0.15) is 6.04 Å². The lowest BCUT2D eigenvalue weighted by molar-refractivity contribution is -0.466. The van der Waals surface area contributed by atoms with Gasteiger partial charge in [0.15, 0.2) is 0 Å². The van der Waals surface area contributed by atoms with Gasteiger partial charge in [-0.3, -0.25) is 19.9 Å². The van der Waals surface area contributed by atoms with Crippen LogP contribution in [-0.4, -0.2) is 64.8 Å². The van der Waals surface area contributed by atoms with Gasteiger partial charge >= 0.3 is 17.9 Å². The highest BCUT2D eigenvalue weighted by molar-refractivity contribution is 5.89. The minimum absolute atomic E-state index is 0.0267. The first-order valence-corrected chi connectivity index (χ1v) is 15.6. The van der Waals surface area contributed by atoms with E-state index < -0.39 is 23.9 Å². The summed E-state index contributed by atoms with van der Waals surface area (Å²) >= 11 is 0. The number of nitrogens with two attached hydrogens (primary N) is 3. The van der Waals surface area contributed by atoms with Gasteiger partial charge in [0, 0.05) is 19.3 Å². The molecule has 12 nitrogen and oxygen atoms in total. The van der Waals surface area contributed by atoms with E-state index in [1.807, 2.05) is 12.2 Å². The summed E-state index contributed by atoms with van der Waals surface area (Å²) in [6, 6.07) is -0.676. The van der Waals surface area contributed by atoms with Crippen LogP contribution in [0.25, 0.3) is 0 Å². The first kappa shape index (κ1) is 46.0. The van der Waals surface area contributed by atoms with E-state index in [0.29, 0.717) is 31.6 Å². The maximum absolute atomic E-state index is 10.3. The molecule has 0 rings (SSSR count). The van der Waals surface area contributed by atoms with Crippen molar-refractivity contribution in [2.24, 2.45) is 22.2 Å². The van der Waals surface area contributed by atoms with Crippen LogP contribution in [0, 0.1) is 0 Å². The van der Waals surface area contributed by atoms with Crippen molar-refractivity contribution in [3.05, 3.63) is 72.9 Å². The quantitative estimate of drug-likeness (QED) is 0.0353. The number of hydrogen-bond donors (Lipinski definition) is 6. The molecule has 11 N–H and O–H groups in total. The molecule has 0 bridgehead atoms. The Morgan fingerprint density at radius 1 is 0.717 bits per heavy atom. The van der Waals surface area contributed by atoms with Crippen LogP contribution in [-0.2, 0) is 14.4 Å². The van der Waals surface area contributed by atoms with E-state index in [-0.39, 0.29) is 18.8 Å². The normalized spacial score (nSPS) is 11.9. The molecule has 0 fully saturated rings. The zero-order valence-electron chi connectivity index (χ0n) is 28.1. The third-order valence-corrected chi connectivity index (χ3v) is 5.60. The molecule has 0 aromatic rings. The van der Waals surface area contributed by atoms with Crippen LogP contribution < -0.4 is 28.0 Å². The third kappa shape index (κ3) is 44.0. The van der Waals surface area contributed by atoms with E-state index in [1.165, 1.54) is 0 Å². The molecule has 260 valence electrons. The predicted molar refractivity (Wildman–Crippen MR) is 185 cm³/mol. The fourth-order valence-corrected chi connectivity index (χ4v) is 3.04. The molecule has 0 aliphatic rings. The van der Waals surface area contributed by atoms with Gasteiger partial charge in [-0.1, -0.05) is 86.3 Å². The second kappa shape index (κ2) is 35.0. The number of carboxylic acid groups (broad SMARTS) is 3. The van der Waals surface area contributed by atoms with Gasteiger partial charge in [0.05, 0.1) is 20.1 Å². The summed E-state index contributed by atoms with van der Waals surface area (Å²) in [5.41, 5.74) is 18.8. The predicted octanol–water partition coefficient (Wildman–Crippen LogP) is 2.78. The Hall–Kier alpha value is -4.45. The lowest BCUT2D eigenvalue weighted by Crippen LogP contribution is -2.68. The molecule has 0 saturated heterocycles. The van der Waals surface area contributed by atoms with E-state index in [1.54, 1.807) is 18.7 Å². The molecule has 1 atom stereocenters. The lowest BCUT2D eigenvalue weighted by atomic mass is 10.1. The monoisotopic (exact) mass is 647 g/mol. The second-order valence-corrected chi connectivity index (χ2v) is 10.1. The number of carbonyl (C=O) groups excluding carboxylic acids is 1. The standard InChI is InChI=1S/C22H32O2.C8H15NO4.C4H11N5/c1-2-3-4-5-6-7-8-9-10-11-12-13-14-15-16-17-18-19-20-21-22(23)24;9-6(8(12)13)4-2-1-3-5-7(10)11;1-9(2)4(7)8-3(5)6/h3-4,6-7,9-10,12-13,15-16,18-19H,2,5,8,11,14,17,20-21H2,1H3,(H,23,24);6H,1-5,9H2,(H,10,11)(H,12,13);1-2H3,(H5,5,6,7,8)/p+1/b4-3-,7-6-,10-9-,13-12-,16-15-,19-18-;;/t;6-;/m.0./s1. The maximum atomic E-state index is 10.3. The number of quaternary nitrogens is 1. The van der Waals surface area contributed by atoms with Gasteiger partial charge in [-0.15, -0.1) is 0 Å². The summed E-state index contributed by atoms with van der Waals surface area (Å²) in [5, 5.41) is 27.0. The fraction of sp³-hybridized carbons (Fsp3) is 0.500. The van der Waals surface area contributed by atoms with Crippen LogP contribution in [0.4, 0.5) is 0 Å². The molecular weight excluding hydrogens is 588 g/mol. The lowest BCUT2D eigenvalue weighted by Gasteiger charge is -2.07. The van der Waals surface area contributed by atoms with Gasteiger partial charge in [-0.05, 0) is 62.8 Å². The number of hydrogen-bond acceptors (Lipinski definition) is 4. The van der Waals surface area contributed by atoms with Crippen LogP contribution in [0.3, 0.4) is 0 Å². The highest BCUT2D eigenvalue weighted by Crippen LogP contribution is 2.04. The number of allylic oxidation sites excluding steroid dienone is 12. The van der Waals surface area contributed by atoms with Gasteiger partial charge < -0.3 is 37.3 Å². The van der Waals surface area contributed by atoms with Crippen molar-refractivity contribution in [1.82, 2.24) is 0 Å². The first-order chi connectivity index (χ1) is 21.8. The molecule has 0 aliphatic carbocycles. The minimum atomic E-state index is -1.14. The molecule has 0 radical (unpaired) electrons. The molecular formula is C34H59N6O6+. The molecule has 0 spiro atoms. The molecule has 0 aromatic carbocycles. The average molecular weight is 648 g/mol. The van der Waals surface area contributed by atoms with Crippen LogP contribution >= 0.6 is 0 Å². The van der Waals surface area contributed by atoms with E-state index >= 15 is 0 Å². The highest BCUT2D eigenvalue weighted by atomic mass is 16.4. The van der Waals surface area contributed by atoms with Crippen LogP contribution in [0.5, 0.6) is 0 Å². The van der Waals surface area contributed by atoms with Crippen molar-refractivity contribution in [3.63, 3.8) is 0 Å². The molecule has 0 amide bonds. The van der Waals surface area contributed by atoms with Gasteiger partial charge in [-0.2, -0.15) is 0 Å². The van der Waals surface area contributed by atoms with Gasteiger partial charge in [-0.25, -0.2) is 0 Å². The first-order valence-electron chi connectivity index (χ1n) is 15.6. The van der Waals surface area contributed by atoms with Crippen LogP contribution in [0.1, 0.15) is 90.4 Å². The molecule has 12 heteroatoms. The number of guanidine groups is 2. The topological polar surface area (TPSA) is 236 Å². The Balaban J connectivity index is -0.000000699. The smallest absolute Gasteiger partial charge is 0.387 e. The summed E-state index contributed by atoms with van der Waals surface area (Å²) in [4.78, 5) is 34.2. The zero-order valence-corrected chi connectivity index (χ0v) is 28.1. The van der Waals surface area contributed by atoms with Crippen LogP contribution in [0.2, 0.25) is 0 Å². The third-order valence-electron chi connectivity index (χ3n) is 5.60. The summed E-state index contributed by atoms with van der Waals surface area (Å²) in [5.74, 6) is -2.42. The second-order valence-electron chi connectivity index (χ2n) is 10.1. The Labute approximate surface area is 275 Å². The number of unbranched alkanes of at least 4 members (excludes halogenated alkanes) is 2. The summed E-state index contributed by atoms with van der Waals surface area (Å²) in [6.45, 7) is 2.15. The number of rotatable bonds is 21. The molecule has 0 aromatic heterocycles. The van der Waals surface area contributed by atoms with E-state index in [0.717, 1.165) is 44.9 Å². The van der Waals surface area contributed by atoms with Crippen molar-refractivity contribution in [2.45, 2.75) is 96.4 Å². The van der Waals surface area contributed by atoms with Crippen LogP contribution in [0.15, 0.2) is 77.9 Å². The number of carbonyl (C=O) groups is 3. The molecule has 0 saturated carbocycles. The summed E-state index contributed by atoms with van der Waals surface area (Å²) in [6.07, 6.45) is 35.1. The Morgan fingerprint density at radius 3 is 1.46 bits per heavy atom. The van der Waals surface area contributed by atoms with E-state index in [4.69, 9.17) is 27.4 Å². The van der Waals surface area contributed by atoms with Crippen molar-refractivity contribution in [3.8, 4) is 0 Å². The molecule has 0 unspecified atom stereocenters. The highest BCUT2D eigenvalue weighted by Gasteiger charge is 2.06.